The van der Waals surface area contributed by atoms with Crippen molar-refractivity contribution in [3.8, 4) is 0 Å². The second-order valence-corrected chi connectivity index (χ2v) is 5.42. The molecule has 0 spiro atoms. The average Bonchev–Trinajstić information content (AvgIpc) is 2.36. The quantitative estimate of drug-likeness (QED) is 0.804. The van der Waals surface area contributed by atoms with E-state index < -0.39 is 0 Å². The Kier molecular flexibility index (Phi) is 4.12. The average molecular weight is 340 g/mol. The Bertz CT molecular complexity index is 643. The number of benzene rings is 2. The zero-order valence-electron chi connectivity index (χ0n) is 10.2. The summed E-state index contributed by atoms with van der Waals surface area (Å²) < 4.78 is 0.691. The van der Waals surface area contributed by atoms with Gasteiger partial charge in [-0.25, -0.2) is 0 Å². The number of hydrogen-bond donors (Lipinski definition) is 2. The molecule has 1 amide bonds. The molecule has 2 rings (SSSR count). The molecule has 3 N–H and O–H groups in total. The lowest BCUT2D eigenvalue weighted by atomic mass is 10.1. The smallest absolute Gasteiger partial charge is 0.255 e. The highest BCUT2D eigenvalue weighted by molar-refractivity contribution is 9.10. The van der Waals surface area contributed by atoms with Crippen molar-refractivity contribution in [2.45, 2.75) is 6.92 Å². The topological polar surface area (TPSA) is 55.1 Å². The summed E-state index contributed by atoms with van der Waals surface area (Å²) in [5.41, 5.74) is 8.54. The van der Waals surface area contributed by atoms with Crippen LogP contribution < -0.4 is 11.1 Å². The molecule has 0 aromatic heterocycles. The van der Waals surface area contributed by atoms with E-state index in [1.807, 2.05) is 13.0 Å². The Balaban J connectivity index is 2.23. The molecule has 2 aromatic carbocycles. The maximum atomic E-state index is 12.1. The van der Waals surface area contributed by atoms with E-state index in [4.69, 9.17) is 17.3 Å². The fraction of sp³-hybridized carbons (Fsp3) is 0.0714. The Morgan fingerprint density at radius 2 is 2.00 bits per heavy atom. The molecule has 98 valence electrons. The van der Waals surface area contributed by atoms with Gasteiger partial charge in [0.15, 0.2) is 0 Å². The van der Waals surface area contributed by atoms with E-state index in [-0.39, 0.29) is 5.91 Å². The lowest BCUT2D eigenvalue weighted by Gasteiger charge is -2.09. The molecular formula is C14H12BrClN2O. The van der Waals surface area contributed by atoms with Crippen molar-refractivity contribution in [1.29, 1.82) is 0 Å². The van der Waals surface area contributed by atoms with Crippen LogP contribution in [-0.2, 0) is 0 Å². The minimum absolute atomic E-state index is 0.190. The molecule has 0 heterocycles. The number of amides is 1. The molecule has 3 nitrogen and oxygen atoms in total. The second kappa shape index (κ2) is 5.63. The number of nitrogen functional groups attached to an aromatic ring is 1. The van der Waals surface area contributed by atoms with Gasteiger partial charge in [0.05, 0.1) is 5.02 Å². The van der Waals surface area contributed by atoms with Gasteiger partial charge in [-0.3, -0.25) is 4.79 Å². The van der Waals surface area contributed by atoms with Gasteiger partial charge < -0.3 is 11.1 Å². The monoisotopic (exact) mass is 338 g/mol. The van der Waals surface area contributed by atoms with Crippen molar-refractivity contribution in [3.05, 3.63) is 57.0 Å². The molecule has 0 unspecified atom stereocenters. The highest BCUT2D eigenvalue weighted by atomic mass is 79.9. The Morgan fingerprint density at radius 1 is 1.26 bits per heavy atom. The fourth-order valence-corrected chi connectivity index (χ4v) is 2.16. The SMILES string of the molecule is Cc1cc(N)ccc1NC(=O)c1ccc(Cl)c(Br)c1. The normalized spacial score (nSPS) is 10.3. The van der Waals surface area contributed by atoms with Gasteiger partial charge in [-0.05, 0) is 64.8 Å². The van der Waals surface area contributed by atoms with E-state index in [0.717, 1.165) is 11.3 Å². The number of nitrogens with two attached hydrogens (primary N) is 1. The predicted molar refractivity (Wildman–Crippen MR) is 82.7 cm³/mol. The number of aryl methyl sites for hydroxylation is 1. The number of carbonyl (C=O) groups excluding carboxylic acids is 1. The summed E-state index contributed by atoms with van der Waals surface area (Å²) in [6.07, 6.45) is 0. The summed E-state index contributed by atoms with van der Waals surface area (Å²) in [6, 6.07) is 10.4. The summed E-state index contributed by atoms with van der Waals surface area (Å²) in [5.74, 6) is -0.190. The Labute approximate surface area is 124 Å². The summed E-state index contributed by atoms with van der Waals surface area (Å²) in [6.45, 7) is 1.89. The fourth-order valence-electron chi connectivity index (χ4n) is 1.66. The van der Waals surface area contributed by atoms with Gasteiger partial charge in [-0.1, -0.05) is 11.6 Å². The molecule has 0 saturated carbocycles. The first-order valence-corrected chi connectivity index (χ1v) is 6.77. The van der Waals surface area contributed by atoms with E-state index in [1.54, 1.807) is 30.3 Å². The van der Waals surface area contributed by atoms with Crippen molar-refractivity contribution in [1.82, 2.24) is 0 Å². The molecule has 5 heteroatoms. The Morgan fingerprint density at radius 3 is 2.63 bits per heavy atom. The van der Waals surface area contributed by atoms with Gasteiger partial charge in [0.2, 0.25) is 0 Å². The van der Waals surface area contributed by atoms with Crippen molar-refractivity contribution < 1.29 is 4.79 Å². The molecule has 0 atom stereocenters. The first-order chi connectivity index (χ1) is 8.97. The lowest BCUT2D eigenvalue weighted by Crippen LogP contribution is -2.12. The maximum absolute atomic E-state index is 12.1. The molecular weight excluding hydrogens is 328 g/mol. The van der Waals surface area contributed by atoms with Crippen molar-refractivity contribution in [2.24, 2.45) is 0 Å². The summed E-state index contributed by atoms with van der Waals surface area (Å²) in [4.78, 5) is 12.1. The number of carbonyl (C=O) groups is 1. The molecule has 0 saturated heterocycles. The van der Waals surface area contributed by atoms with E-state index >= 15 is 0 Å². The van der Waals surface area contributed by atoms with E-state index in [0.29, 0.717) is 20.7 Å². The Hall–Kier alpha value is -1.52. The van der Waals surface area contributed by atoms with Crippen molar-refractivity contribution in [3.63, 3.8) is 0 Å². The van der Waals surface area contributed by atoms with Crippen LogP contribution in [0.5, 0.6) is 0 Å². The molecule has 0 aliphatic rings. The largest absolute Gasteiger partial charge is 0.399 e. The van der Waals surface area contributed by atoms with Gasteiger partial charge >= 0.3 is 0 Å². The molecule has 0 radical (unpaired) electrons. The van der Waals surface area contributed by atoms with Crippen LogP contribution in [0, 0.1) is 6.92 Å². The highest BCUT2D eigenvalue weighted by Crippen LogP contribution is 2.24. The van der Waals surface area contributed by atoms with E-state index in [9.17, 15) is 4.79 Å². The number of halogens is 2. The molecule has 0 aliphatic carbocycles. The molecule has 0 aliphatic heterocycles. The lowest BCUT2D eigenvalue weighted by molar-refractivity contribution is 0.102. The summed E-state index contributed by atoms with van der Waals surface area (Å²) >= 11 is 9.19. The standard InChI is InChI=1S/C14H12BrClN2O/c1-8-6-10(17)3-5-13(8)18-14(19)9-2-4-12(16)11(15)7-9/h2-7H,17H2,1H3,(H,18,19). The first kappa shape index (κ1) is 13.9. The number of anilines is 2. The molecule has 19 heavy (non-hydrogen) atoms. The highest BCUT2D eigenvalue weighted by Gasteiger charge is 2.09. The summed E-state index contributed by atoms with van der Waals surface area (Å²) in [5, 5.41) is 3.41. The van der Waals surface area contributed by atoms with Crippen LogP contribution >= 0.6 is 27.5 Å². The third kappa shape index (κ3) is 3.28. The van der Waals surface area contributed by atoms with Gasteiger partial charge in [0.25, 0.3) is 5.91 Å². The van der Waals surface area contributed by atoms with Crippen molar-refractivity contribution in [2.75, 3.05) is 11.1 Å². The second-order valence-electron chi connectivity index (χ2n) is 4.16. The van der Waals surface area contributed by atoms with Gasteiger partial charge in [-0.2, -0.15) is 0 Å². The third-order valence-corrected chi connectivity index (χ3v) is 3.89. The van der Waals surface area contributed by atoms with Gasteiger partial charge in [0.1, 0.15) is 0 Å². The number of nitrogens with one attached hydrogen (secondary N) is 1. The molecule has 0 bridgehead atoms. The van der Waals surface area contributed by atoms with Crippen LogP contribution in [-0.4, -0.2) is 5.91 Å². The molecule has 2 aromatic rings. The van der Waals surface area contributed by atoms with E-state index in [1.165, 1.54) is 0 Å². The van der Waals surface area contributed by atoms with Crippen LogP contribution in [0.1, 0.15) is 15.9 Å². The molecule has 0 fully saturated rings. The van der Waals surface area contributed by atoms with Crippen LogP contribution in [0.4, 0.5) is 11.4 Å². The minimum Gasteiger partial charge on any atom is -0.399 e. The van der Waals surface area contributed by atoms with Crippen LogP contribution in [0.3, 0.4) is 0 Å². The van der Waals surface area contributed by atoms with Crippen LogP contribution in [0.2, 0.25) is 5.02 Å². The number of hydrogen-bond acceptors (Lipinski definition) is 2. The van der Waals surface area contributed by atoms with Gasteiger partial charge in [0, 0.05) is 21.4 Å². The third-order valence-electron chi connectivity index (χ3n) is 2.68. The zero-order valence-corrected chi connectivity index (χ0v) is 12.5. The van der Waals surface area contributed by atoms with Gasteiger partial charge in [-0.15, -0.1) is 0 Å². The van der Waals surface area contributed by atoms with Crippen LogP contribution in [0.15, 0.2) is 40.9 Å². The van der Waals surface area contributed by atoms with Crippen molar-refractivity contribution >= 4 is 44.8 Å². The first-order valence-electron chi connectivity index (χ1n) is 5.60. The van der Waals surface area contributed by atoms with E-state index in [2.05, 4.69) is 21.2 Å². The predicted octanol–water partition coefficient (Wildman–Crippen LogP) is 4.25. The maximum Gasteiger partial charge on any atom is 0.255 e. The minimum atomic E-state index is -0.190. The number of rotatable bonds is 2. The van der Waals surface area contributed by atoms with Crippen LogP contribution in [0.25, 0.3) is 0 Å². The zero-order chi connectivity index (χ0) is 14.0. The summed E-state index contributed by atoms with van der Waals surface area (Å²) in [7, 11) is 0.